The average Bonchev–Trinajstić information content (AvgIpc) is 2.52. The van der Waals surface area contributed by atoms with Crippen molar-refractivity contribution < 1.29 is 18.6 Å². The van der Waals surface area contributed by atoms with E-state index in [1.54, 1.807) is 12.1 Å². The predicted octanol–water partition coefficient (Wildman–Crippen LogP) is 2.13. The molecule has 0 aliphatic carbocycles. The van der Waals surface area contributed by atoms with Crippen molar-refractivity contribution in [1.82, 2.24) is 5.32 Å². The van der Waals surface area contributed by atoms with Gasteiger partial charge < -0.3 is 19.5 Å². The van der Waals surface area contributed by atoms with Crippen molar-refractivity contribution in [3.63, 3.8) is 0 Å². The lowest BCUT2D eigenvalue weighted by Gasteiger charge is -2.36. The van der Waals surface area contributed by atoms with Crippen molar-refractivity contribution in [1.29, 1.82) is 0 Å². The lowest BCUT2D eigenvalue weighted by molar-refractivity contribution is -0.0150. The van der Waals surface area contributed by atoms with Crippen LogP contribution in [0.15, 0.2) is 24.3 Å². The maximum absolute atomic E-state index is 13.0. The number of rotatable bonds is 4. The van der Waals surface area contributed by atoms with Crippen molar-refractivity contribution in [3.05, 3.63) is 30.1 Å². The number of hydrogen-bond donors (Lipinski definition) is 1. The molecule has 0 aromatic heterocycles. The number of benzene rings is 1. The summed E-state index contributed by atoms with van der Waals surface area (Å²) in [6.07, 6.45) is 2.96. The van der Waals surface area contributed by atoms with Gasteiger partial charge in [-0.15, -0.1) is 0 Å². The van der Waals surface area contributed by atoms with E-state index in [2.05, 4.69) is 5.32 Å². The summed E-state index contributed by atoms with van der Waals surface area (Å²) in [5, 5.41) is 3.64. The monoisotopic (exact) mass is 295 g/mol. The summed E-state index contributed by atoms with van der Waals surface area (Å²) in [4.78, 5) is 0. The molecule has 2 atom stereocenters. The Morgan fingerprint density at radius 3 is 2.48 bits per heavy atom. The highest BCUT2D eigenvalue weighted by Crippen LogP contribution is 2.20. The normalized spacial score (nSPS) is 27.5. The Hall–Kier alpha value is -1.17. The Bertz CT molecular complexity index is 434. The first kappa shape index (κ1) is 14.8. The van der Waals surface area contributed by atoms with Crippen LogP contribution < -0.4 is 10.1 Å². The zero-order valence-electron chi connectivity index (χ0n) is 12.1. The summed E-state index contributed by atoms with van der Waals surface area (Å²) in [6, 6.07) is 6.84. The largest absolute Gasteiger partial charge is 0.489 e. The van der Waals surface area contributed by atoms with Crippen molar-refractivity contribution in [2.45, 2.75) is 37.5 Å². The molecule has 0 saturated carbocycles. The molecule has 4 nitrogen and oxygen atoms in total. The van der Waals surface area contributed by atoms with Crippen molar-refractivity contribution in [3.8, 4) is 5.75 Å². The lowest BCUT2D eigenvalue weighted by Crippen LogP contribution is -2.54. The minimum atomic E-state index is -0.244. The molecule has 0 unspecified atom stereocenters. The van der Waals surface area contributed by atoms with Gasteiger partial charge in [0.2, 0.25) is 0 Å². The molecule has 2 fully saturated rings. The Balaban J connectivity index is 1.59. The zero-order chi connectivity index (χ0) is 14.5. The number of ether oxygens (including phenoxy) is 3. The van der Waals surface area contributed by atoms with E-state index in [1.807, 2.05) is 0 Å². The Morgan fingerprint density at radius 2 is 1.71 bits per heavy atom. The fourth-order valence-corrected chi connectivity index (χ4v) is 2.87. The van der Waals surface area contributed by atoms with Gasteiger partial charge in [-0.3, -0.25) is 0 Å². The molecule has 0 radical (unpaired) electrons. The van der Waals surface area contributed by atoms with Gasteiger partial charge in [-0.1, -0.05) is 0 Å². The molecule has 1 aromatic carbocycles. The molecular weight excluding hydrogens is 273 g/mol. The van der Waals surface area contributed by atoms with Crippen LogP contribution in [-0.4, -0.2) is 44.6 Å². The van der Waals surface area contributed by atoms with Crippen LogP contribution in [0, 0.1) is 5.82 Å². The third-order valence-electron chi connectivity index (χ3n) is 4.07. The summed E-state index contributed by atoms with van der Waals surface area (Å²) in [5.41, 5.74) is 0. The molecular formula is C16H22FNO3. The minimum Gasteiger partial charge on any atom is -0.489 e. The summed E-state index contributed by atoms with van der Waals surface area (Å²) in [7, 11) is 0. The first-order valence-electron chi connectivity index (χ1n) is 7.65. The van der Waals surface area contributed by atoms with Crippen LogP contribution in [-0.2, 0) is 9.47 Å². The van der Waals surface area contributed by atoms with Crippen LogP contribution in [0.3, 0.4) is 0 Å². The molecule has 2 heterocycles. The second kappa shape index (κ2) is 7.20. The van der Waals surface area contributed by atoms with Gasteiger partial charge in [0.05, 0.1) is 19.3 Å². The minimum absolute atomic E-state index is 0.0621. The molecule has 0 amide bonds. The fourth-order valence-electron chi connectivity index (χ4n) is 2.87. The molecule has 2 aliphatic rings. The third kappa shape index (κ3) is 4.15. The summed E-state index contributed by atoms with van der Waals surface area (Å²) in [5.74, 6) is 0.466. The number of halogens is 1. The van der Waals surface area contributed by atoms with Crippen LogP contribution in [0.2, 0.25) is 0 Å². The van der Waals surface area contributed by atoms with Gasteiger partial charge >= 0.3 is 0 Å². The summed E-state index contributed by atoms with van der Waals surface area (Å²) in [6.45, 7) is 2.99. The van der Waals surface area contributed by atoms with E-state index in [4.69, 9.17) is 14.2 Å². The van der Waals surface area contributed by atoms with Crippen LogP contribution in [0.25, 0.3) is 0 Å². The van der Waals surface area contributed by atoms with Gasteiger partial charge in [-0.2, -0.15) is 0 Å². The molecule has 1 aromatic rings. The topological polar surface area (TPSA) is 39.7 Å². The molecule has 2 aliphatic heterocycles. The van der Waals surface area contributed by atoms with E-state index in [-0.39, 0.29) is 18.0 Å². The maximum Gasteiger partial charge on any atom is 0.123 e. The van der Waals surface area contributed by atoms with Crippen LogP contribution in [0.1, 0.15) is 19.3 Å². The fraction of sp³-hybridized carbons (Fsp3) is 0.625. The van der Waals surface area contributed by atoms with E-state index in [1.165, 1.54) is 12.1 Å². The molecule has 0 bridgehead atoms. The van der Waals surface area contributed by atoms with E-state index in [9.17, 15) is 4.39 Å². The molecule has 116 valence electrons. The highest BCUT2D eigenvalue weighted by atomic mass is 19.1. The Labute approximate surface area is 124 Å². The Morgan fingerprint density at radius 1 is 1.00 bits per heavy atom. The second-order valence-corrected chi connectivity index (χ2v) is 5.63. The number of nitrogens with one attached hydrogen (secondary N) is 1. The van der Waals surface area contributed by atoms with Gasteiger partial charge in [0.15, 0.2) is 0 Å². The van der Waals surface area contributed by atoms with Crippen molar-refractivity contribution in [2.75, 3.05) is 26.4 Å². The standard InChI is InChI=1S/C16H22FNO3/c17-12-1-3-14(4-2-12)21-16-7-10-20-11-15(16)18-13-5-8-19-9-6-13/h1-4,13,15-16,18H,5-11H2/t15-,16+/m1/s1. The summed E-state index contributed by atoms with van der Waals surface area (Å²) >= 11 is 0. The second-order valence-electron chi connectivity index (χ2n) is 5.63. The van der Waals surface area contributed by atoms with Crippen LogP contribution in [0.4, 0.5) is 4.39 Å². The van der Waals surface area contributed by atoms with Gasteiger partial charge in [0.25, 0.3) is 0 Å². The Kier molecular flexibility index (Phi) is 5.06. The molecule has 1 N–H and O–H groups in total. The quantitative estimate of drug-likeness (QED) is 0.924. The molecule has 5 heteroatoms. The van der Waals surface area contributed by atoms with Gasteiger partial charge in [-0.05, 0) is 37.1 Å². The van der Waals surface area contributed by atoms with Crippen LogP contribution in [0.5, 0.6) is 5.75 Å². The first-order chi connectivity index (χ1) is 10.3. The van der Waals surface area contributed by atoms with Gasteiger partial charge in [0.1, 0.15) is 17.7 Å². The molecule has 0 spiro atoms. The zero-order valence-corrected chi connectivity index (χ0v) is 12.1. The van der Waals surface area contributed by atoms with Crippen LogP contribution >= 0.6 is 0 Å². The third-order valence-corrected chi connectivity index (χ3v) is 4.07. The van der Waals surface area contributed by atoms with E-state index in [0.29, 0.717) is 25.0 Å². The van der Waals surface area contributed by atoms with Crippen molar-refractivity contribution in [2.24, 2.45) is 0 Å². The predicted molar refractivity (Wildman–Crippen MR) is 77.0 cm³/mol. The molecule has 21 heavy (non-hydrogen) atoms. The van der Waals surface area contributed by atoms with E-state index in [0.717, 1.165) is 32.5 Å². The SMILES string of the molecule is Fc1ccc(O[C@H]2CCOC[C@H]2NC2CCOCC2)cc1. The highest BCUT2D eigenvalue weighted by molar-refractivity contribution is 5.22. The lowest BCUT2D eigenvalue weighted by atomic mass is 10.0. The van der Waals surface area contributed by atoms with Crippen molar-refractivity contribution >= 4 is 0 Å². The average molecular weight is 295 g/mol. The maximum atomic E-state index is 13.0. The highest BCUT2D eigenvalue weighted by Gasteiger charge is 2.30. The van der Waals surface area contributed by atoms with Gasteiger partial charge in [-0.25, -0.2) is 4.39 Å². The smallest absolute Gasteiger partial charge is 0.123 e. The van der Waals surface area contributed by atoms with Gasteiger partial charge in [0, 0.05) is 25.7 Å². The van der Waals surface area contributed by atoms with E-state index >= 15 is 0 Å². The molecule has 3 rings (SSSR count). The number of hydrogen-bond acceptors (Lipinski definition) is 4. The summed E-state index contributed by atoms with van der Waals surface area (Å²) < 4.78 is 29.9. The van der Waals surface area contributed by atoms with E-state index < -0.39 is 0 Å². The molecule has 2 saturated heterocycles. The first-order valence-corrected chi connectivity index (χ1v) is 7.65.